The van der Waals surface area contributed by atoms with Crippen molar-refractivity contribution in [2.45, 2.75) is 18.9 Å². The van der Waals surface area contributed by atoms with Crippen molar-refractivity contribution in [3.63, 3.8) is 0 Å². The molecule has 0 radical (unpaired) electrons. The number of aliphatic hydroxyl groups excluding tert-OH is 1. The Morgan fingerprint density at radius 1 is 0.933 bits per heavy atom. The molecule has 0 aromatic heterocycles. The van der Waals surface area contributed by atoms with E-state index >= 15 is 0 Å². The first-order valence-electron chi connectivity index (χ1n) is 10.0. The number of amides is 1. The van der Waals surface area contributed by atoms with Crippen LogP contribution < -0.4 is 5.32 Å². The zero-order valence-corrected chi connectivity index (χ0v) is 16.6. The van der Waals surface area contributed by atoms with Crippen molar-refractivity contribution in [2.75, 3.05) is 13.2 Å². The normalized spacial score (nSPS) is 11.8. The molecule has 0 fully saturated rings. The van der Waals surface area contributed by atoms with Gasteiger partial charge in [-0.05, 0) is 33.9 Å². The van der Waals surface area contributed by atoms with Crippen molar-refractivity contribution < 1.29 is 14.6 Å². The summed E-state index contributed by atoms with van der Waals surface area (Å²) >= 11 is 0. The maximum absolute atomic E-state index is 12.1. The summed E-state index contributed by atoms with van der Waals surface area (Å²) in [7, 11) is 0. The summed E-state index contributed by atoms with van der Waals surface area (Å²) in [5.74, 6) is 6.11. The first-order valence-corrected chi connectivity index (χ1v) is 10.0. The fourth-order valence-corrected chi connectivity index (χ4v) is 3.81. The molecule has 0 spiro atoms. The summed E-state index contributed by atoms with van der Waals surface area (Å²) in [6.45, 7) is 0.670. The van der Waals surface area contributed by atoms with Crippen LogP contribution in [-0.2, 0) is 11.3 Å². The number of ether oxygens (including phenoxy) is 1. The SMILES string of the molecule is O=C(NCCC#Cc1ccccc1CO)OCC1c2ccccc2-c2ccccc21. The number of alkyl carbamates (subject to hydrolysis) is 1. The second-order valence-corrected chi connectivity index (χ2v) is 7.12. The highest BCUT2D eigenvalue weighted by atomic mass is 16.5. The standard InChI is InChI=1S/C26H23NO3/c28-17-20-11-2-1-9-19(20)10-7-8-16-27-26(29)30-18-25-23-14-5-3-12-21(23)22-13-4-6-15-24(22)25/h1-6,9,11-15,25,28H,8,16-18H2,(H,27,29). The highest BCUT2D eigenvalue weighted by Crippen LogP contribution is 2.44. The minimum atomic E-state index is -0.436. The Morgan fingerprint density at radius 2 is 1.57 bits per heavy atom. The highest BCUT2D eigenvalue weighted by Gasteiger charge is 2.28. The van der Waals surface area contributed by atoms with E-state index in [0.717, 1.165) is 11.1 Å². The van der Waals surface area contributed by atoms with Gasteiger partial charge in [-0.15, -0.1) is 0 Å². The van der Waals surface area contributed by atoms with E-state index in [4.69, 9.17) is 4.74 Å². The first kappa shape index (κ1) is 19.8. The van der Waals surface area contributed by atoms with E-state index < -0.39 is 6.09 Å². The molecule has 150 valence electrons. The van der Waals surface area contributed by atoms with E-state index in [-0.39, 0.29) is 12.5 Å². The fourth-order valence-electron chi connectivity index (χ4n) is 3.81. The molecule has 0 saturated carbocycles. The third-order valence-electron chi connectivity index (χ3n) is 5.27. The van der Waals surface area contributed by atoms with E-state index in [1.54, 1.807) is 0 Å². The highest BCUT2D eigenvalue weighted by molar-refractivity contribution is 5.79. The van der Waals surface area contributed by atoms with Crippen LogP contribution in [0.15, 0.2) is 72.8 Å². The van der Waals surface area contributed by atoms with Crippen LogP contribution in [0.3, 0.4) is 0 Å². The van der Waals surface area contributed by atoms with Gasteiger partial charge in [0.25, 0.3) is 0 Å². The van der Waals surface area contributed by atoms with Gasteiger partial charge in [-0.3, -0.25) is 0 Å². The Balaban J connectivity index is 1.29. The molecule has 0 saturated heterocycles. The van der Waals surface area contributed by atoms with Crippen molar-refractivity contribution in [2.24, 2.45) is 0 Å². The Kier molecular flexibility index (Phi) is 6.12. The number of benzene rings is 3. The summed E-state index contributed by atoms with van der Waals surface area (Å²) in [6, 6.07) is 24.0. The van der Waals surface area contributed by atoms with Crippen molar-refractivity contribution in [3.05, 3.63) is 95.1 Å². The van der Waals surface area contributed by atoms with Crippen molar-refractivity contribution in [1.82, 2.24) is 5.32 Å². The number of rotatable bonds is 5. The number of carbonyl (C=O) groups is 1. The lowest BCUT2D eigenvalue weighted by Gasteiger charge is -2.14. The van der Waals surface area contributed by atoms with E-state index in [1.165, 1.54) is 22.3 Å². The molecule has 0 unspecified atom stereocenters. The average molecular weight is 397 g/mol. The van der Waals surface area contributed by atoms with Crippen LogP contribution in [0, 0.1) is 11.8 Å². The molecule has 2 N–H and O–H groups in total. The van der Waals surface area contributed by atoms with Crippen LogP contribution in [0.25, 0.3) is 11.1 Å². The van der Waals surface area contributed by atoms with Gasteiger partial charge in [0.05, 0.1) is 6.61 Å². The van der Waals surface area contributed by atoms with Gasteiger partial charge in [-0.1, -0.05) is 78.6 Å². The maximum atomic E-state index is 12.1. The molecular formula is C26H23NO3. The average Bonchev–Trinajstić information content (AvgIpc) is 3.11. The van der Waals surface area contributed by atoms with E-state index in [1.807, 2.05) is 48.5 Å². The summed E-state index contributed by atoms with van der Waals surface area (Å²) < 4.78 is 5.51. The molecule has 1 aliphatic carbocycles. The van der Waals surface area contributed by atoms with Crippen LogP contribution >= 0.6 is 0 Å². The van der Waals surface area contributed by atoms with Crippen molar-refractivity contribution in [3.8, 4) is 23.0 Å². The van der Waals surface area contributed by atoms with Gasteiger partial charge in [0.15, 0.2) is 0 Å². The van der Waals surface area contributed by atoms with Crippen LogP contribution in [0.4, 0.5) is 4.79 Å². The van der Waals surface area contributed by atoms with Crippen molar-refractivity contribution >= 4 is 6.09 Å². The second kappa shape index (κ2) is 9.30. The molecule has 0 heterocycles. The minimum absolute atomic E-state index is 0.0388. The van der Waals surface area contributed by atoms with E-state index in [9.17, 15) is 9.90 Å². The smallest absolute Gasteiger partial charge is 0.407 e. The molecule has 0 atom stereocenters. The second-order valence-electron chi connectivity index (χ2n) is 7.12. The number of fused-ring (bicyclic) bond motifs is 3. The van der Waals surface area contributed by atoms with Gasteiger partial charge < -0.3 is 15.2 Å². The molecule has 3 aromatic carbocycles. The quantitative estimate of drug-likeness (QED) is 0.494. The summed E-state index contributed by atoms with van der Waals surface area (Å²) in [5, 5.41) is 12.1. The Bertz CT molecular complexity index is 1060. The lowest BCUT2D eigenvalue weighted by Crippen LogP contribution is -2.26. The van der Waals surface area contributed by atoms with Gasteiger partial charge in [0.2, 0.25) is 0 Å². The lowest BCUT2D eigenvalue weighted by molar-refractivity contribution is 0.143. The molecule has 1 aliphatic rings. The monoisotopic (exact) mass is 397 g/mol. The third kappa shape index (κ3) is 4.22. The van der Waals surface area contributed by atoms with E-state index in [0.29, 0.717) is 19.6 Å². The molecule has 0 aliphatic heterocycles. The summed E-state index contributed by atoms with van der Waals surface area (Å²) in [6.07, 6.45) is 0.0682. The molecule has 4 heteroatoms. The van der Waals surface area contributed by atoms with E-state index in [2.05, 4.69) is 41.4 Å². The number of nitrogens with one attached hydrogen (secondary N) is 1. The first-order chi connectivity index (χ1) is 14.8. The molecule has 4 nitrogen and oxygen atoms in total. The zero-order valence-electron chi connectivity index (χ0n) is 16.6. The Labute approximate surface area is 176 Å². The van der Waals surface area contributed by atoms with Gasteiger partial charge in [0.1, 0.15) is 6.61 Å². The molecule has 0 bridgehead atoms. The lowest BCUT2D eigenvalue weighted by atomic mass is 9.98. The van der Waals surface area contributed by atoms with Crippen LogP contribution in [0.1, 0.15) is 34.6 Å². The number of hydrogen-bond acceptors (Lipinski definition) is 3. The number of carbonyl (C=O) groups excluding carboxylic acids is 1. The van der Waals surface area contributed by atoms with Crippen LogP contribution in [0.2, 0.25) is 0 Å². The topological polar surface area (TPSA) is 58.6 Å². The van der Waals surface area contributed by atoms with Gasteiger partial charge in [-0.25, -0.2) is 4.79 Å². The molecule has 3 aromatic rings. The zero-order chi connectivity index (χ0) is 20.8. The summed E-state index contributed by atoms with van der Waals surface area (Å²) in [5.41, 5.74) is 6.41. The molecule has 1 amide bonds. The third-order valence-corrected chi connectivity index (χ3v) is 5.27. The predicted molar refractivity (Wildman–Crippen MR) is 117 cm³/mol. The largest absolute Gasteiger partial charge is 0.449 e. The van der Waals surface area contributed by atoms with Gasteiger partial charge in [0, 0.05) is 24.4 Å². The van der Waals surface area contributed by atoms with Crippen LogP contribution in [0.5, 0.6) is 0 Å². The van der Waals surface area contributed by atoms with Crippen molar-refractivity contribution in [1.29, 1.82) is 0 Å². The number of aliphatic hydroxyl groups is 1. The minimum Gasteiger partial charge on any atom is -0.449 e. The number of hydrogen-bond donors (Lipinski definition) is 2. The molecule has 4 rings (SSSR count). The molecular weight excluding hydrogens is 374 g/mol. The summed E-state index contributed by atoms with van der Waals surface area (Å²) in [4.78, 5) is 12.1. The maximum Gasteiger partial charge on any atom is 0.407 e. The Morgan fingerprint density at radius 3 is 2.27 bits per heavy atom. The fraction of sp³-hybridized carbons (Fsp3) is 0.192. The Hall–Kier alpha value is -3.55. The van der Waals surface area contributed by atoms with Crippen LogP contribution in [-0.4, -0.2) is 24.4 Å². The predicted octanol–water partition coefficient (Wildman–Crippen LogP) is 4.46. The van der Waals surface area contributed by atoms with Gasteiger partial charge >= 0.3 is 6.09 Å². The molecule has 30 heavy (non-hydrogen) atoms. The van der Waals surface area contributed by atoms with Gasteiger partial charge in [-0.2, -0.15) is 0 Å².